The number of nitrogens with zero attached hydrogens (tertiary/aromatic N) is 1. The number of aryl methyl sites for hydroxylation is 2. The van der Waals surface area contributed by atoms with Crippen molar-refractivity contribution >= 4 is 23.5 Å². The van der Waals surface area contributed by atoms with Gasteiger partial charge in [0.15, 0.2) is 0 Å². The molecule has 2 rings (SSSR count). The molecule has 0 bridgehead atoms. The Hall–Kier alpha value is -2.37. The minimum atomic E-state index is -0.930. The van der Waals surface area contributed by atoms with E-state index in [0.717, 1.165) is 22.4 Å². The predicted octanol–water partition coefficient (Wildman–Crippen LogP) is 2.99. The number of carbonyl (C=O) groups is 3. The van der Waals surface area contributed by atoms with Crippen LogP contribution >= 0.6 is 0 Å². The van der Waals surface area contributed by atoms with Gasteiger partial charge in [-0.3, -0.25) is 14.5 Å². The van der Waals surface area contributed by atoms with E-state index in [2.05, 4.69) is 24.5 Å². The van der Waals surface area contributed by atoms with Gasteiger partial charge in [-0.2, -0.15) is 0 Å². The van der Waals surface area contributed by atoms with Gasteiger partial charge in [-0.25, -0.2) is 4.79 Å². The molecule has 1 atom stereocenters. The summed E-state index contributed by atoms with van der Waals surface area (Å²) in [5, 5.41) is 5.52. The standard InChI is InChI=1S/C19H27N3O3/c1-12(2)8-9-19(5)17(24)22(18(25)21-19)11-16(23)20-15-10-13(3)6-7-14(15)4/h6-7,10,12H,8-9,11H2,1-5H3,(H,20,23)(H,21,25)/t19-/m1/s1. The molecular weight excluding hydrogens is 318 g/mol. The highest BCUT2D eigenvalue weighted by molar-refractivity contribution is 6.10. The van der Waals surface area contributed by atoms with Gasteiger partial charge in [-0.15, -0.1) is 0 Å². The molecule has 6 heteroatoms. The average Bonchev–Trinajstić information content (AvgIpc) is 2.73. The van der Waals surface area contributed by atoms with Gasteiger partial charge in [0.1, 0.15) is 12.1 Å². The number of nitrogens with one attached hydrogen (secondary N) is 2. The predicted molar refractivity (Wildman–Crippen MR) is 97.3 cm³/mol. The van der Waals surface area contributed by atoms with E-state index in [1.54, 1.807) is 6.92 Å². The monoisotopic (exact) mass is 345 g/mol. The lowest BCUT2D eigenvalue weighted by Crippen LogP contribution is -2.44. The molecule has 1 fully saturated rings. The second-order valence-electron chi connectivity index (χ2n) is 7.45. The minimum Gasteiger partial charge on any atom is -0.324 e. The van der Waals surface area contributed by atoms with E-state index < -0.39 is 11.6 Å². The van der Waals surface area contributed by atoms with E-state index in [-0.39, 0.29) is 18.4 Å². The van der Waals surface area contributed by atoms with Gasteiger partial charge in [0.2, 0.25) is 5.91 Å². The number of amides is 4. The minimum absolute atomic E-state index is 0.282. The highest BCUT2D eigenvalue weighted by Gasteiger charge is 2.47. The second-order valence-corrected chi connectivity index (χ2v) is 7.45. The van der Waals surface area contributed by atoms with Crippen molar-refractivity contribution in [2.75, 3.05) is 11.9 Å². The van der Waals surface area contributed by atoms with Crippen molar-refractivity contribution in [2.24, 2.45) is 5.92 Å². The molecule has 1 aliphatic rings. The lowest BCUT2D eigenvalue weighted by Gasteiger charge is -2.22. The molecule has 1 heterocycles. The van der Waals surface area contributed by atoms with Crippen LogP contribution in [0, 0.1) is 19.8 Å². The number of imide groups is 1. The molecule has 0 saturated carbocycles. The van der Waals surface area contributed by atoms with Gasteiger partial charge in [0, 0.05) is 5.69 Å². The van der Waals surface area contributed by atoms with Crippen LogP contribution in [0.25, 0.3) is 0 Å². The zero-order chi connectivity index (χ0) is 18.8. The van der Waals surface area contributed by atoms with E-state index in [4.69, 9.17) is 0 Å². The Balaban J connectivity index is 2.04. The fraction of sp³-hybridized carbons (Fsp3) is 0.526. The third-order valence-corrected chi connectivity index (χ3v) is 4.54. The molecule has 136 valence electrons. The summed E-state index contributed by atoms with van der Waals surface area (Å²) in [6, 6.07) is 5.24. The largest absolute Gasteiger partial charge is 0.325 e. The van der Waals surface area contributed by atoms with E-state index in [0.29, 0.717) is 18.0 Å². The Morgan fingerprint density at radius 1 is 1.28 bits per heavy atom. The molecule has 2 N–H and O–H groups in total. The first kappa shape index (κ1) is 19.0. The van der Waals surface area contributed by atoms with E-state index in [1.165, 1.54) is 0 Å². The summed E-state index contributed by atoms with van der Waals surface area (Å²) in [6.45, 7) is 9.41. The molecule has 0 aromatic heterocycles. The highest BCUT2D eigenvalue weighted by atomic mass is 16.2. The summed E-state index contributed by atoms with van der Waals surface area (Å²) in [6.07, 6.45) is 1.38. The molecular formula is C19H27N3O3. The van der Waals surface area contributed by atoms with Crippen molar-refractivity contribution in [1.29, 1.82) is 0 Å². The van der Waals surface area contributed by atoms with Gasteiger partial charge >= 0.3 is 6.03 Å². The molecule has 1 aliphatic heterocycles. The Kier molecular flexibility index (Phi) is 5.50. The molecule has 1 aromatic rings. The summed E-state index contributed by atoms with van der Waals surface area (Å²) >= 11 is 0. The number of carbonyl (C=O) groups excluding carboxylic acids is 3. The summed E-state index contributed by atoms with van der Waals surface area (Å²) in [7, 11) is 0. The fourth-order valence-corrected chi connectivity index (χ4v) is 2.84. The number of rotatable bonds is 6. The average molecular weight is 345 g/mol. The van der Waals surface area contributed by atoms with Crippen molar-refractivity contribution in [2.45, 2.75) is 53.0 Å². The normalized spacial score (nSPS) is 20.2. The zero-order valence-electron chi connectivity index (χ0n) is 15.6. The van der Waals surface area contributed by atoms with Crippen LogP contribution in [0.5, 0.6) is 0 Å². The first-order chi connectivity index (χ1) is 11.6. The van der Waals surface area contributed by atoms with Crippen LogP contribution in [0.4, 0.5) is 10.5 Å². The maximum absolute atomic E-state index is 12.6. The van der Waals surface area contributed by atoms with Gasteiger partial charge in [0.25, 0.3) is 5.91 Å². The highest BCUT2D eigenvalue weighted by Crippen LogP contribution is 2.25. The summed E-state index contributed by atoms with van der Waals surface area (Å²) in [5.74, 6) is -0.289. The zero-order valence-corrected chi connectivity index (χ0v) is 15.6. The Morgan fingerprint density at radius 3 is 2.60 bits per heavy atom. The number of benzene rings is 1. The summed E-state index contributed by atoms with van der Waals surface area (Å²) < 4.78 is 0. The lowest BCUT2D eigenvalue weighted by molar-refractivity contribution is -0.133. The van der Waals surface area contributed by atoms with Crippen LogP contribution in [-0.4, -0.2) is 34.8 Å². The van der Waals surface area contributed by atoms with Gasteiger partial charge < -0.3 is 10.6 Å². The smallest absolute Gasteiger partial charge is 0.324 e. The number of hydrogen-bond acceptors (Lipinski definition) is 3. The van der Waals surface area contributed by atoms with E-state index in [9.17, 15) is 14.4 Å². The number of urea groups is 1. The van der Waals surface area contributed by atoms with Crippen LogP contribution in [0.3, 0.4) is 0 Å². The lowest BCUT2D eigenvalue weighted by atomic mass is 9.92. The topological polar surface area (TPSA) is 78.5 Å². The van der Waals surface area contributed by atoms with Crippen LogP contribution < -0.4 is 10.6 Å². The summed E-state index contributed by atoms with van der Waals surface area (Å²) in [4.78, 5) is 38.1. The molecule has 25 heavy (non-hydrogen) atoms. The Morgan fingerprint density at radius 2 is 1.96 bits per heavy atom. The Bertz CT molecular complexity index is 699. The molecule has 0 spiro atoms. The maximum atomic E-state index is 12.6. The van der Waals surface area contributed by atoms with Gasteiger partial charge in [0.05, 0.1) is 0 Å². The van der Waals surface area contributed by atoms with E-state index >= 15 is 0 Å². The van der Waals surface area contributed by atoms with Crippen LogP contribution in [-0.2, 0) is 9.59 Å². The third-order valence-electron chi connectivity index (χ3n) is 4.54. The molecule has 6 nitrogen and oxygen atoms in total. The quantitative estimate of drug-likeness (QED) is 0.778. The maximum Gasteiger partial charge on any atom is 0.325 e. The van der Waals surface area contributed by atoms with Gasteiger partial charge in [-0.05, 0) is 56.7 Å². The molecule has 1 aromatic carbocycles. The Labute approximate surface area is 149 Å². The third kappa shape index (κ3) is 4.38. The molecule has 4 amide bonds. The molecule has 0 radical (unpaired) electrons. The number of hydrogen-bond donors (Lipinski definition) is 2. The van der Waals surface area contributed by atoms with Gasteiger partial charge in [-0.1, -0.05) is 26.0 Å². The summed E-state index contributed by atoms with van der Waals surface area (Å²) in [5.41, 5.74) is 1.72. The van der Waals surface area contributed by atoms with E-state index in [1.807, 2.05) is 32.0 Å². The number of anilines is 1. The molecule has 0 aliphatic carbocycles. The van der Waals surface area contributed by atoms with Crippen molar-refractivity contribution in [1.82, 2.24) is 10.2 Å². The molecule has 0 unspecified atom stereocenters. The van der Waals surface area contributed by atoms with Crippen molar-refractivity contribution < 1.29 is 14.4 Å². The fourth-order valence-electron chi connectivity index (χ4n) is 2.84. The SMILES string of the molecule is Cc1ccc(C)c(NC(=O)CN2C(=O)N[C@](C)(CCC(C)C)C2=O)c1. The first-order valence-corrected chi connectivity index (χ1v) is 8.63. The van der Waals surface area contributed by atoms with Crippen LogP contribution in [0.1, 0.15) is 44.7 Å². The van der Waals surface area contributed by atoms with Crippen molar-refractivity contribution in [3.8, 4) is 0 Å². The van der Waals surface area contributed by atoms with Crippen LogP contribution in [0.15, 0.2) is 18.2 Å². The molecule has 1 saturated heterocycles. The van der Waals surface area contributed by atoms with Crippen molar-refractivity contribution in [3.63, 3.8) is 0 Å². The van der Waals surface area contributed by atoms with Crippen molar-refractivity contribution in [3.05, 3.63) is 29.3 Å². The first-order valence-electron chi connectivity index (χ1n) is 8.63. The van der Waals surface area contributed by atoms with Crippen LogP contribution in [0.2, 0.25) is 0 Å². The second kappa shape index (κ2) is 7.25.